The van der Waals surface area contributed by atoms with Crippen LogP contribution in [0.1, 0.15) is 17.0 Å². The van der Waals surface area contributed by atoms with Crippen LogP contribution in [0.3, 0.4) is 0 Å². The van der Waals surface area contributed by atoms with E-state index < -0.39 is 29.0 Å². The second-order valence-electron chi connectivity index (χ2n) is 7.93. The van der Waals surface area contributed by atoms with Crippen LogP contribution in [0.5, 0.6) is 0 Å². The van der Waals surface area contributed by atoms with Crippen molar-refractivity contribution in [3.63, 3.8) is 0 Å². The van der Waals surface area contributed by atoms with Crippen molar-refractivity contribution in [2.75, 3.05) is 19.1 Å². The summed E-state index contributed by atoms with van der Waals surface area (Å²) in [6.07, 6.45) is 0. The van der Waals surface area contributed by atoms with Gasteiger partial charge in [-0.1, -0.05) is 30.3 Å². The Morgan fingerprint density at radius 3 is 2.14 bits per heavy atom. The standard InChI is InChI=1S/C25H21N5O6/c1-12-9-15-16(29-23(32)22(31)28-15)10-17(12)30-20(25(34)36-3)19(24(33)35-2)18(14(11-26)21(30)27)13-7-5-4-6-8-13/h4-10,18H,27H2,1-3H3,(H,28,31)(H,29,32). The lowest BCUT2D eigenvalue weighted by Crippen LogP contribution is -2.41. The first-order valence-corrected chi connectivity index (χ1v) is 10.7. The SMILES string of the molecule is COC(=O)C1=C(C(=O)OC)N(c2cc3[nH]c(=O)c(=O)[nH]c3cc2C)C(N)=C(C#N)C1c1ccccc1. The largest absolute Gasteiger partial charge is 0.466 e. The number of allylic oxidation sites excluding steroid dienone is 1. The van der Waals surface area contributed by atoms with Gasteiger partial charge in [0.25, 0.3) is 0 Å². The lowest BCUT2D eigenvalue weighted by atomic mass is 9.80. The van der Waals surface area contributed by atoms with Crippen molar-refractivity contribution in [2.24, 2.45) is 5.73 Å². The van der Waals surface area contributed by atoms with Crippen molar-refractivity contribution in [1.29, 1.82) is 5.26 Å². The maximum absolute atomic E-state index is 13.2. The number of aromatic amines is 2. The monoisotopic (exact) mass is 487 g/mol. The number of aryl methyl sites for hydroxylation is 1. The van der Waals surface area contributed by atoms with E-state index in [-0.39, 0.29) is 33.9 Å². The summed E-state index contributed by atoms with van der Waals surface area (Å²) < 4.78 is 10.0. The minimum absolute atomic E-state index is 0.00344. The zero-order valence-electron chi connectivity index (χ0n) is 19.5. The molecule has 0 fully saturated rings. The molecule has 0 saturated heterocycles. The van der Waals surface area contributed by atoms with Crippen LogP contribution in [-0.2, 0) is 19.1 Å². The average Bonchev–Trinajstić information content (AvgIpc) is 2.88. The van der Waals surface area contributed by atoms with Crippen molar-refractivity contribution in [3.8, 4) is 6.07 Å². The Kier molecular flexibility index (Phi) is 6.18. The fourth-order valence-corrected chi connectivity index (χ4v) is 4.27. The van der Waals surface area contributed by atoms with Gasteiger partial charge in [-0.3, -0.25) is 14.5 Å². The van der Waals surface area contributed by atoms with Gasteiger partial charge < -0.3 is 25.2 Å². The van der Waals surface area contributed by atoms with Gasteiger partial charge in [-0.2, -0.15) is 5.26 Å². The third-order valence-electron chi connectivity index (χ3n) is 5.89. The molecule has 3 aromatic rings. The van der Waals surface area contributed by atoms with E-state index in [2.05, 4.69) is 16.0 Å². The van der Waals surface area contributed by atoms with Crippen LogP contribution in [0.25, 0.3) is 11.0 Å². The van der Waals surface area contributed by atoms with Crippen molar-refractivity contribution in [1.82, 2.24) is 9.97 Å². The van der Waals surface area contributed by atoms with Gasteiger partial charge in [0.15, 0.2) is 0 Å². The third-order valence-corrected chi connectivity index (χ3v) is 5.89. The molecule has 0 bridgehead atoms. The van der Waals surface area contributed by atoms with Gasteiger partial charge >= 0.3 is 23.1 Å². The molecular weight excluding hydrogens is 466 g/mol. The fraction of sp³-hybridized carbons (Fsp3) is 0.160. The summed E-state index contributed by atoms with van der Waals surface area (Å²) in [6, 6.07) is 13.7. The highest BCUT2D eigenvalue weighted by atomic mass is 16.5. The smallest absolute Gasteiger partial charge is 0.355 e. The number of esters is 2. The van der Waals surface area contributed by atoms with E-state index in [9.17, 15) is 24.4 Å². The van der Waals surface area contributed by atoms with Crippen molar-refractivity contribution in [2.45, 2.75) is 12.8 Å². The van der Waals surface area contributed by atoms with E-state index in [0.717, 1.165) is 14.2 Å². The number of nitrogens with zero attached hydrogens (tertiary/aromatic N) is 2. The zero-order valence-corrected chi connectivity index (χ0v) is 19.5. The van der Waals surface area contributed by atoms with Crippen LogP contribution in [-0.4, -0.2) is 36.1 Å². The van der Waals surface area contributed by atoms with E-state index in [4.69, 9.17) is 15.2 Å². The molecule has 11 heteroatoms. The lowest BCUT2D eigenvalue weighted by molar-refractivity contribution is -0.139. The summed E-state index contributed by atoms with van der Waals surface area (Å²) in [5, 5.41) is 10.1. The number of benzene rings is 2. The minimum Gasteiger partial charge on any atom is -0.466 e. The van der Waals surface area contributed by atoms with Crippen molar-refractivity contribution < 1.29 is 19.1 Å². The molecule has 2 aromatic carbocycles. The number of hydrogen-bond acceptors (Lipinski definition) is 9. The predicted molar refractivity (Wildman–Crippen MR) is 129 cm³/mol. The number of rotatable bonds is 4. The van der Waals surface area contributed by atoms with Crippen LogP contribution in [0.2, 0.25) is 0 Å². The van der Waals surface area contributed by atoms with Gasteiger partial charge in [-0.15, -0.1) is 0 Å². The molecule has 1 unspecified atom stereocenters. The lowest BCUT2D eigenvalue weighted by Gasteiger charge is -2.36. The van der Waals surface area contributed by atoms with Gasteiger partial charge in [0.1, 0.15) is 11.5 Å². The van der Waals surface area contributed by atoms with E-state index in [0.29, 0.717) is 16.6 Å². The molecule has 11 nitrogen and oxygen atoms in total. The molecule has 0 aliphatic carbocycles. The predicted octanol–water partition coefficient (Wildman–Crippen LogP) is 1.42. The van der Waals surface area contributed by atoms with E-state index >= 15 is 0 Å². The second kappa shape index (κ2) is 9.27. The van der Waals surface area contributed by atoms with Crippen LogP contribution in [0, 0.1) is 18.3 Å². The molecule has 0 amide bonds. The van der Waals surface area contributed by atoms with Crippen LogP contribution >= 0.6 is 0 Å². The molecular formula is C25H21N5O6. The van der Waals surface area contributed by atoms with Crippen molar-refractivity contribution in [3.05, 3.63) is 97.0 Å². The zero-order chi connectivity index (χ0) is 26.1. The van der Waals surface area contributed by atoms with Gasteiger partial charge in [0, 0.05) is 0 Å². The number of fused-ring (bicyclic) bond motifs is 1. The molecule has 1 aliphatic heterocycles. The summed E-state index contributed by atoms with van der Waals surface area (Å²) in [5.74, 6) is -2.88. The number of anilines is 1. The third kappa shape index (κ3) is 3.80. The maximum Gasteiger partial charge on any atom is 0.355 e. The Labute approximate surface area is 204 Å². The molecule has 0 spiro atoms. The van der Waals surface area contributed by atoms with Gasteiger partial charge in [0.05, 0.1) is 54.1 Å². The molecule has 1 atom stereocenters. The summed E-state index contributed by atoms with van der Waals surface area (Å²) in [5.41, 5.74) is 6.30. The summed E-state index contributed by atoms with van der Waals surface area (Å²) in [4.78, 5) is 56.2. The second-order valence-corrected chi connectivity index (χ2v) is 7.93. The number of nitrogens with two attached hydrogens (primary N) is 1. The number of H-pyrrole nitrogens is 2. The quantitative estimate of drug-likeness (QED) is 0.363. The van der Waals surface area contributed by atoms with Crippen LogP contribution in [0.15, 0.2) is 74.7 Å². The number of aromatic nitrogens is 2. The molecule has 36 heavy (non-hydrogen) atoms. The van der Waals surface area contributed by atoms with Crippen LogP contribution < -0.4 is 21.8 Å². The van der Waals surface area contributed by atoms with E-state index in [1.54, 1.807) is 43.3 Å². The number of ether oxygens (including phenoxy) is 2. The Balaban J connectivity index is 2.12. The molecule has 1 aromatic heterocycles. The molecule has 1 aliphatic rings. The molecule has 0 radical (unpaired) electrons. The topological polar surface area (TPSA) is 171 Å². The van der Waals surface area contributed by atoms with Gasteiger partial charge in [-0.05, 0) is 30.2 Å². The highest BCUT2D eigenvalue weighted by Crippen LogP contribution is 2.44. The van der Waals surface area contributed by atoms with Crippen molar-refractivity contribution >= 4 is 28.7 Å². The number of carbonyl (C=O) groups is 2. The van der Waals surface area contributed by atoms with E-state index in [1.807, 2.05) is 0 Å². The Morgan fingerprint density at radius 1 is 1.00 bits per heavy atom. The summed E-state index contributed by atoms with van der Waals surface area (Å²) >= 11 is 0. The average molecular weight is 487 g/mol. The Bertz CT molecular complexity index is 1620. The minimum atomic E-state index is -1.01. The van der Waals surface area contributed by atoms with Gasteiger partial charge in [-0.25, -0.2) is 9.59 Å². The first kappa shape index (κ1) is 24.0. The first-order chi connectivity index (χ1) is 17.2. The maximum atomic E-state index is 13.2. The summed E-state index contributed by atoms with van der Waals surface area (Å²) in [7, 11) is 2.31. The number of carbonyl (C=O) groups excluding carboxylic acids is 2. The molecule has 182 valence electrons. The Morgan fingerprint density at radius 2 is 1.58 bits per heavy atom. The first-order valence-electron chi connectivity index (χ1n) is 10.7. The molecule has 2 heterocycles. The molecule has 4 N–H and O–H groups in total. The number of nitrogens with one attached hydrogen (secondary N) is 2. The normalized spacial score (nSPS) is 15.6. The molecule has 0 saturated carbocycles. The fourth-order valence-electron chi connectivity index (χ4n) is 4.27. The van der Waals surface area contributed by atoms with E-state index in [1.165, 1.54) is 11.0 Å². The number of nitriles is 1. The van der Waals surface area contributed by atoms with Crippen LogP contribution in [0.4, 0.5) is 5.69 Å². The molecule has 4 rings (SSSR count). The number of hydrogen-bond donors (Lipinski definition) is 3. The Hall–Kier alpha value is -5.11. The highest BCUT2D eigenvalue weighted by Gasteiger charge is 2.43. The number of methoxy groups -OCH3 is 2. The summed E-state index contributed by atoms with van der Waals surface area (Å²) in [6.45, 7) is 1.67. The van der Waals surface area contributed by atoms with Gasteiger partial charge in [0.2, 0.25) is 0 Å². The highest BCUT2D eigenvalue weighted by molar-refractivity contribution is 6.06.